The number of ether oxygens (including phenoxy) is 1. The van der Waals surface area contributed by atoms with Crippen LogP contribution in [0, 0.1) is 10.8 Å². The van der Waals surface area contributed by atoms with Gasteiger partial charge in [0.2, 0.25) is 5.91 Å². The van der Waals surface area contributed by atoms with Crippen molar-refractivity contribution in [3.63, 3.8) is 0 Å². The molecule has 0 bridgehead atoms. The Labute approximate surface area is 167 Å². The van der Waals surface area contributed by atoms with Crippen LogP contribution in [0.25, 0.3) is 0 Å². The second-order valence-corrected chi connectivity index (χ2v) is 6.52. The zero-order chi connectivity index (χ0) is 21.1. The Hall–Kier alpha value is -3.94. The number of nitrogens with two attached hydrogens (primary N) is 1. The molecule has 0 aromatic heterocycles. The van der Waals surface area contributed by atoms with Crippen molar-refractivity contribution in [2.75, 3.05) is 7.11 Å². The summed E-state index contributed by atoms with van der Waals surface area (Å²) in [5.74, 6) is -0.140. The number of fused-ring (bicyclic) bond motifs is 2. The number of amides is 2. The van der Waals surface area contributed by atoms with E-state index in [0.29, 0.717) is 17.7 Å². The van der Waals surface area contributed by atoms with Gasteiger partial charge in [-0.05, 0) is 29.3 Å². The molecule has 2 aliphatic rings. The first-order chi connectivity index (χ1) is 13.8. The molecule has 0 saturated heterocycles. The number of benzene rings is 2. The van der Waals surface area contributed by atoms with Crippen LogP contribution in [0.2, 0.25) is 0 Å². The molecule has 0 fully saturated rings. The normalized spacial score (nSPS) is 14.9. The molecule has 2 amide bonds. The number of carbonyl (C=O) groups excluding carboxylic acids is 2. The average Bonchev–Trinajstić information content (AvgIpc) is 2.67. The predicted octanol–water partition coefficient (Wildman–Crippen LogP) is 1.60. The van der Waals surface area contributed by atoms with E-state index in [1.807, 2.05) is 12.1 Å². The smallest absolute Gasteiger partial charge is 0.254 e. The number of methoxy groups -OCH3 is 1. The summed E-state index contributed by atoms with van der Waals surface area (Å²) in [6.45, 7) is 0. The number of hydrogen-bond donors (Lipinski definition) is 5. The van der Waals surface area contributed by atoms with Crippen LogP contribution >= 0.6 is 0 Å². The number of aliphatic hydroxyl groups is 1. The van der Waals surface area contributed by atoms with Gasteiger partial charge in [-0.25, -0.2) is 0 Å². The van der Waals surface area contributed by atoms with Crippen LogP contribution in [0.4, 0.5) is 0 Å². The number of rotatable bonds is 2. The van der Waals surface area contributed by atoms with Crippen LogP contribution in [0.1, 0.15) is 22.3 Å². The van der Waals surface area contributed by atoms with Crippen molar-refractivity contribution in [3.8, 4) is 5.75 Å². The fourth-order valence-corrected chi connectivity index (χ4v) is 3.24. The number of primary amides is 1. The van der Waals surface area contributed by atoms with Gasteiger partial charge in [-0.15, -0.1) is 0 Å². The van der Waals surface area contributed by atoms with Crippen molar-refractivity contribution in [3.05, 3.63) is 76.1 Å². The van der Waals surface area contributed by atoms with Gasteiger partial charge in [0, 0.05) is 17.5 Å². The molecule has 1 heterocycles. The molecule has 1 aliphatic carbocycles. The van der Waals surface area contributed by atoms with Gasteiger partial charge in [0.05, 0.1) is 19.2 Å². The van der Waals surface area contributed by atoms with E-state index in [2.05, 4.69) is 5.32 Å². The summed E-state index contributed by atoms with van der Waals surface area (Å²) in [7, 11) is 1.58. The quantitative estimate of drug-likeness (QED) is 0.527. The molecule has 6 N–H and O–H groups in total. The molecule has 8 nitrogen and oxygen atoms in total. The van der Waals surface area contributed by atoms with E-state index < -0.39 is 5.91 Å². The Bertz CT molecular complexity index is 1070. The van der Waals surface area contributed by atoms with Crippen molar-refractivity contribution in [1.29, 1.82) is 10.8 Å². The third-order valence-corrected chi connectivity index (χ3v) is 4.63. The van der Waals surface area contributed by atoms with Gasteiger partial charge in [-0.3, -0.25) is 20.4 Å². The fraction of sp³-hybridized carbons (Fsp3) is 0.143. The zero-order valence-corrected chi connectivity index (χ0v) is 15.7. The molecular formula is C21H20N4O4. The minimum atomic E-state index is -0.757. The van der Waals surface area contributed by atoms with Gasteiger partial charge in [0.1, 0.15) is 22.9 Å². The van der Waals surface area contributed by atoms with Crippen LogP contribution in [0.5, 0.6) is 5.75 Å². The summed E-state index contributed by atoms with van der Waals surface area (Å²) in [4.78, 5) is 22.2. The molecule has 1 aliphatic heterocycles. The van der Waals surface area contributed by atoms with E-state index in [4.69, 9.17) is 21.3 Å². The average molecular weight is 392 g/mol. The van der Waals surface area contributed by atoms with Crippen LogP contribution in [0.15, 0.2) is 53.8 Å². The highest BCUT2D eigenvalue weighted by Crippen LogP contribution is 2.24. The first-order valence-electron chi connectivity index (χ1n) is 8.76. The van der Waals surface area contributed by atoms with E-state index >= 15 is 0 Å². The van der Waals surface area contributed by atoms with Crippen molar-refractivity contribution >= 4 is 23.4 Å². The molecular weight excluding hydrogens is 372 g/mol. The summed E-state index contributed by atoms with van der Waals surface area (Å²) >= 11 is 0. The molecule has 2 aromatic carbocycles. The lowest BCUT2D eigenvalue weighted by Crippen LogP contribution is -2.37. The molecule has 148 valence electrons. The highest BCUT2D eigenvalue weighted by molar-refractivity contribution is 6.28. The van der Waals surface area contributed by atoms with Crippen LogP contribution in [-0.4, -0.2) is 35.6 Å². The van der Waals surface area contributed by atoms with Crippen molar-refractivity contribution < 1.29 is 19.4 Å². The summed E-state index contributed by atoms with van der Waals surface area (Å²) in [6, 6.07) is 12.5. The first kappa shape index (κ1) is 19.8. The highest BCUT2D eigenvalue weighted by atomic mass is 16.5. The van der Waals surface area contributed by atoms with Crippen LogP contribution < -0.4 is 15.8 Å². The summed E-state index contributed by atoms with van der Waals surface area (Å²) in [5, 5.41) is 27.4. The zero-order valence-electron chi connectivity index (χ0n) is 15.7. The van der Waals surface area contributed by atoms with E-state index in [9.17, 15) is 14.7 Å². The molecule has 4 rings (SSSR count). The second kappa shape index (κ2) is 7.97. The van der Waals surface area contributed by atoms with Gasteiger partial charge in [0.15, 0.2) is 0 Å². The topological polar surface area (TPSA) is 149 Å². The Morgan fingerprint density at radius 1 is 1.10 bits per heavy atom. The maximum atomic E-state index is 11.1. The van der Waals surface area contributed by atoms with Crippen LogP contribution in [0.3, 0.4) is 0 Å². The third-order valence-electron chi connectivity index (χ3n) is 4.63. The molecule has 0 spiro atoms. The Morgan fingerprint density at radius 3 is 2.52 bits per heavy atom. The summed E-state index contributed by atoms with van der Waals surface area (Å²) in [5.41, 5.74) is 8.14. The maximum absolute atomic E-state index is 11.1. The third kappa shape index (κ3) is 4.01. The van der Waals surface area contributed by atoms with Crippen molar-refractivity contribution in [2.24, 2.45) is 5.73 Å². The van der Waals surface area contributed by atoms with Crippen molar-refractivity contribution in [1.82, 2.24) is 5.32 Å². The van der Waals surface area contributed by atoms with Gasteiger partial charge >= 0.3 is 0 Å². The van der Waals surface area contributed by atoms with E-state index in [1.54, 1.807) is 37.4 Å². The molecule has 0 saturated carbocycles. The van der Waals surface area contributed by atoms with Gasteiger partial charge in [-0.1, -0.05) is 24.3 Å². The maximum Gasteiger partial charge on any atom is 0.254 e. The Morgan fingerprint density at radius 2 is 1.83 bits per heavy atom. The largest absolute Gasteiger partial charge is 0.511 e. The van der Waals surface area contributed by atoms with E-state index in [0.717, 1.165) is 16.7 Å². The second-order valence-electron chi connectivity index (χ2n) is 6.52. The molecule has 0 atom stereocenters. The molecule has 29 heavy (non-hydrogen) atoms. The SMILES string of the molecule is COc1ccc2c(c1)CC(=O)NC2=N.N=C1C(C(N)=O)=C(O)Cc2ccccc21. The number of nitrogens with one attached hydrogen (secondary N) is 3. The van der Waals surface area contributed by atoms with Crippen molar-refractivity contribution in [2.45, 2.75) is 12.8 Å². The lowest BCUT2D eigenvalue weighted by Gasteiger charge is -2.18. The number of aliphatic hydroxyl groups excluding tert-OH is 1. The monoisotopic (exact) mass is 392 g/mol. The fourth-order valence-electron chi connectivity index (χ4n) is 3.24. The minimum absolute atomic E-state index is 0.00171. The number of allylic oxidation sites excluding steroid dienone is 1. The Balaban J connectivity index is 0.000000166. The summed E-state index contributed by atoms with van der Waals surface area (Å²) in [6.07, 6.45) is 0.575. The first-order valence-corrected chi connectivity index (χ1v) is 8.76. The van der Waals surface area contributed by atoms with Gasteiger partial charge in [0.25, 0.3) is 5.91 Å². The minimum Gasteiger partial charge on any atom is -0.511 e. The molecule has 2 aromatic rings. The lowest BCUT2D eigenvalue weighted by molar-refractivity contribution is -0.119. The molecule has 0 unspecified atom stereocenters. The van der Waals surface area contributed by atoms with E-state index in [1.165, 1.54) is 0 Å². The number of hydrogen-bond acceptors (Lipinski definition) is 6. The number of carbonyl (C=O) groups is 2. The van der Waals surface area contributed by atoms with Crippen LogP contribution in [-0.2, 0) is 22.4 Å². The molecule has 0 radical (unpaired) electrons. The van der Waals surface area contributed by atoms with E-state index in [-0.39, 0.29) is 35.2 Å². The van der Waals surface area contributed by atoms with Gasteiger partial charge in [-0.2, -0.15) is 0 Å². The standard InChI is InChI=1S/C11H10N2O2.C10H10N2O2/c12-10-7-4-2-1-3-6(7)5-8(14)9(10)11(13)15;1-14-7-2-3-8-6(4-7)5-9(13)12-10(8)11/h1-4,12,14H,5H2,(H2,13,15);2-4H,5H2,1H3,(H2,11,12,13). The molecule has 8 heteroatoms. The van der Waals surface area contributed by atoms with Gasteiger partial charge < -0.3 is 20.9 Å². The highest BCUT2D eigenvalue weighted by Gasteiger charge is 2.25. The predicted molar refractivity (Wildman–Crippen MR) is 107 cm³/mol. The summed E-state index contributed by atoms with van der Waals surface area (Å²) < 4.78 is 5.05. The number of amidine groups is 1. The Kier molecular flexibility index (Phi) is 5.45. The lowest BCUT2D eigenvalue weighted by atomic mass is 9.88.